The quantitative estimate of drug-likeness (QED) is 0.521. The standard InChI is InChI=1S/C13H7N3O2/c14-7-8-5-12-10(6-13(8)16(17)18)9-3-1-2-4-11(9)15-12/h1-6,15H. The Bertz CT molecular complexity index is 827. The van der Waals surface area contributed by atoms with Crippen LogP contribution in [0.1, 0.15) is 5.56 Å². The number of nitro groups is 1. The fourth-order valence-electron chi connectivity index (χ4n) is 2.13. The molecule has 1 heterocycles. The van der Waals surface area contributed by atoms with E-state index in [4.69, 9.17) is 5.26 Å². The number of para-hydroxylation sites is 1. The van der Waals surface area contributed by atoms with Crippen LogP contribution in [0.15, 0.2) is 36.4 Å². The van der Waals surface area contributed by atoms with Crippen molar-refractivity contribution in [1.82, 2.24) is 4.98 Å². The smallest absolute Gasteiger partial charge is 0.287 e. The molecule has 0 unspecified atom stereocenters. The SMILES string of the molecule is N#Cc1cc2[nH]c3ccccc3c2cc1[N+](=O)[O-]. The van der Waals surface area contributed by atoms with Crippen molar-refractivity contribution in [3.63, 3.8) is 0 Å². The van der Waals surface area contributed by atoms with Crippen LogP contribution >= 0.6 is 0 Å². The van der Waals surface area contributed by atoms with Crippen LogP contribution in [0.4, 0.5) is 5.69 Å². The van der Waals surface area contributed by atoms with Gasteiger partial charge in [0.1, 0.15) is 11.6 Å². The summed E-state index contributed by atoms with van der Waals surface area (Å²) in [4.78, 5) is 13.5. The number of rotatable bonds is 1. The lowest BCUT2D eigenvalue weighted by Crippen LogP contribution is -1.91. The molecule has 1 N–H and O–H groups in total. The van der Waals surface area contributed by atoms with Gasteiger partial charge in [0.25, 0.3) is 5.69 Å². The van der Waals surface area contributed by atoms with Crippen molar-refractivity contribution in [2.24, 2.45) is 0 Å². The Balaban J connectivity index is 2.49. The first-order valence-corrected chi connectivity index (χ1v) is 5.29. The molecule has 3 aromatic rings. The molecule has 86 valence electrons. The van der Waals surface area contributed by atoms with E-state index in [0.29, 0.717) is 0 Å². The number of aromatic amines is 1. The molecular weight excluding hydrogens is 230 g/mol. The van der Waals surface area contributed by atoms with Crippen LogP contribution in [0.25, 0.3) is 21.8 Å². The first kappa shape index (κ1) is 10.3. The van der Waals surface area contributed by atoms with Gasteiger partial charge in [0.15, 0.2) is 0 Å². The topological polar surface area (TPSA) is 82.7 Å². The van der Waals surface area contributed by atoms with Crippen LogP contribution in [0.5, 0.6) is 0 Å². The van der Waals surface area contributed by atoms with Crippen LogP contribution < -0.4 is 0 Å². The van der Waals surface area contributed by atoms with E-state index in [9.17, 15) is 10.1 Å². The van der Waals surface area contributed by atoms with Gasteiger partial charge >= 0.3 is 0 Å². The highest BCUT2D eigenvalue weighted by atomic mass is 16.6. The first-order valence-electron chi connectivity index (χ1n) is 5.29. The summed E-state index contributed by atoms with van der Waals surface area (Å²) < 4.78 is 0. The fourth-order valence-corrected chi connectivity index (χ4v) is 2.13. The minimum Gasteiger partial charge on any atom is -0.354 e. The third kappa shape index (κ3) is 1.33. The monoisotopic (exact) mass is 237 g/mol. The summed E-state index contributed by atoms with van der Waals surface area (Å²) in [7, 11) is 0. The van der Waals surface area contributed by atoms with Crippen LogP contribution in [-0.4, -0.2) is 9.91 Å². The number of nitrogens with zero attached hydrogens (tertiary/aromatic N) is 2. The Labute approximate surface area is 101 Å². The van der Waals surface area contributed by atoms with Gasteiger partial charge in [0, 0.05) is 27.9 Å². The summed E-state index contributed by atoms with van der Waals surface area (Å²) in [6, 6.07) is 12.4. The molecule has 0 aliphatic rings. The average molecular weight is 237 g/mol. The number of aromatic nitrogens is 1. The van der Waals surface area contributed by atoms with Gasteiger partial charge in [0.2, 0.25) is 0 Å². The van der Waals surface area contributed by atoms with Crippen molar-refractivity contribution < 1.29 is 4.92 Å². The van der Waals surface area contributed by atoms with Gasteiger partial charge in [-0.3, -0.25) is 10.1 Å². The molecule has 0 amide bonds. The largest absolute Gasteiger partial charge is 0.354 e. The van der Waals surface area contributed by atoms with Crippen molar-refractivity contribution in [3.05, 3.63) is 52.1 Å². The molecule has 5 heteroatoms. The van der Waals surface area contributed by atoms with E-state index in [-0.39, 0.29) is 11.3 Å². The highest BCUT2D eigenvalue weighted by Gasteiger charge is 2.16. The van der Waals surface area contributed by atoms with Crippen molar-refractivity contribution in [1.29, 1.82) is 5.26 Å². The Kier molecular flexibility index (Phi) is 2.04. The van der Waals surface area contributed by atoms with E-state index in [2.05, 4.69) is 4.98 Å². The molecule has 18 heavy (non-hydrogen) atoms. The second-order valence-corrected chi connectivity index (χ2v) is 3.95. The first-order chi connectivity index (χ1) is 8.70. The van der Waals surface area contributed by atoms with Crippen LogP contribution in [-0.2, 0) is 0 Å². The normalized spacial score (nSPS) is 10.6. The van der Waals surface area contributed by atoms with E-state index < -0.39 is 4.92 Å². The number of H-pyrrole nitrogens is 1. The van der Waals surface area contributed by atoms with E-state index in [1.54, 1.807) is 0 Å². The maximum atomic E-state index is 10.9. The molecular formula is C13H7N3O2. The molecule has 0 spiro atoms. The number of nitriles is 1. The zero-order chi connectivity index (χ0) is 12.7. The molecule has 0 aliphatic carbocycles. The van der Waals surface area contributed by atoms with Gasteiger partial charge in [-0.05, 0) is 12.1 Å². The zero-order valence-corrected chi connectivity index (χ0v) is 9.18. The predicted octanol–water partition coefficient (Wildman–Crippen LogP) is 3.10. The highest BCUT2D eigenvalue weighted by molar-refractivity contribution is 6.08. The minimum atomic E-state index is -0.528. The Morgan fingerprint density at radius 1 is 1.17 bits per heavy atom. The van der Waals surface area contributed by atoms with Crippen LogP contribution in [0, 0.1) is 21.4 Å². The number of hydrogen-bond acceptors (Lipinski definition) is 3. The van der Waals surface area contributed by atoms with Crippen LogP contribution in [0.2, 0.25) is 0 Å². The highest BCUT2D eigenvalue weighted by Crippen LogP contribution is 2.30. The lowest BCUT2D eigenvalue weighted by Gasteiger charge is -1.95. The summed E-state index contributed by atoms with van der Waals surface area (Å²) in [5.74, 6) is 0. The van der Waals surface area contributed by atoms with Gasteiger partial charge in [-0.15, -0.1) is 0 Å². The second-order valence-electron chi connectivity index (χ2n) is 3.95. The molecule has 0 saturated heterocycles. The number of benzene rings is 2. The Morgan fingerprint density at radius 2 is 1.94 bits per heavy atom. The van der Waals surface area contributed by atoms with E-state index in [1.807, 2.05) is 30.3 Å². The third-order valence-corrected chi connectivity index (χ3v) is 2.94. The second kappa shape index (κ2) is 3.57. The molecule has 0 aliphatic heterocycles. The number of hydrogen-bond donors (Lipinski definition) is 1. The minimum absolute atomic E-state index is 0.0686. The summed E-state index contributed by atoms with van der Waals surface area (Å²) >= 11 is 0. The Hall–Kier alpha value is -2.87. The van der Waals surface area contributed by atoms with Gasteiger partial charge in [0.05, 0.1) is 4.92 Å². The van der Waals surface area contributed by atoms with Crippen molar-refractivity contribution >= 4 is 27.5 Å². The zero-order valence-electron chi connectivity index (χ0n) is 9.18. The lowest BCUT2D eigenvalue weighted by molar-refractivity contribution is -0.385. The predicted molar refractivity (Wildman–Crippen MR) is 67.2 cm³/mol. The van der Waals surface area contributed by atoms with Gasteiger partial charge in [-0.2, -0.15) is 5.26 Å². The molecule has 0 saturated carbocycles. The number of nitrogens with one attached hydrogen (secondary N) is 1. The number of fused-ring (bicyclic) bond motifs is 3. The van der Waals surface area contributed by atoms with Gasteiger partial charge in [-0.25, -0.2) is 0 Å². The molecule has 1 aromatic heterocycles. The average Bonchev–Trinajstić information content (AvgIpc) is 2.74. The molecule has 5 nitrogen and oxygen atoms in total. The molecule has 0 atom stereocenters. The van der Waals surface area contributed by atoms with Crippen molar-refractivity contribution in [3.8, 4) is 6.07 Å². The summed E-state index contributed by atoms with van der Waals surface area (Å²) in [5.41, 5.74) is 1.55. The van der Waals surface area contributed by atoms with Crippen molar-refractivity contribution in [2.45, 2.75) is 0 Å². The van der Waals surface area contributed by atoms with Crippen LogP contribution in [0.3, 0.4) is 0 Å². The summed E-state index contributed by atoms with van der Waals surface area (Å²) in [6.07, 6.45) is 0. The molecule has 0 bridgehead atoms. The summed E-state index contributed by atoms with van der Waals surface area (Å²) in [6.45, 7) is 0. The lowest BCUT2D eigenvalue weighted by atomic mass is 10.1. The fraction of sp³-hybridized carbons (Fsp3) is 0. The molecule has 0 radical (unpaired) electrons. The molecule has 3 rings (SSSR count). The maximum Gasteiger partial charge on any atom is 0.287 e. The maximum absolute atomic E-state index is 10.9. The molecule has 2 aromatic carbocycles. The summed E-state index contributed by atoms with van der Waals surface area (Å²) in [5, 5.41) is 21.5. The van der Waals surface area contributed by atoms with E-state index in [1.165, 1.54) is 12.1 Å². The van der Waals surface area contributed by atoms with E-state index >= 15 is 0 Å². The number of nitro benzene ring substituents is 1. The van der Waals surface area contributed by atoms with Crippen molar-refractivity contribution in [2.75, 3.05) is 0 Å². The van der Waals surface area contributed by atoms with Gasteiger partial charge in [-0.1, -0.05) is 18.2 Å². The third-order valence-electron chi connectivity index (χ3n) is 2.94. The molecule has 0 fully saturated rings. The van der Waals surface area contributed by atoms with Gasteiger partial charge < -0.3 is 4.98 Å². The Morgan fingerprint density at radius 3 is 2.67 bits per heavy atom. The van der Waals surface area contributed by atoms with E-state index in [0.717, 1.165) is 21.8 Å².